The van der Waals surface area contributed by atoms with Gasteiger partial charge < -0.3 is 4.74 Å². The number of para-hydroxylation sites is 1. The molecule has 5 nitrogen and oxygen atoms in total. The highest BCUT2D eigenvalue weighted by Gasteiger charge is 2.36. The molecule has 0 saturated carbocycles. The smallest absolute Gasteiger partial charge is 0.267 e. The van der Waals surface area contributed by atoms with Gasteiger partial charge in [-0.25, -0.2) is 9.88 Å². The van der Waals surface area contributed by atoms with Crippen molar-refractivity contribution in [2.45, 2.75) is 0 Å². The van der Waals surface area contributed by atoms with Crippen LogP contribution in [0.25, 0.3) is 32.1 Å². The molecule has 154 valence electrons. The predicted molar refractivity (Wildman–Crippen MR) is 127 cm³/mol. The van der Waals surface area contributed by atoms with Crippen LogP contribution in [0.2, 0.25) is 0 Å². The Morgan fingerprint density at radius 2 is 1.50 bits per heavy atom. The Kier molecular flexibility index (Phi) is 4.10. The summed E-state index contributed by atoms with van der Waals surface area (Å²) in [5.74, 6) is 0.0754. The molecule has 32 heavy (non-hydrogen) atoms. The van der Waals surface area contributed by atoms with Gasteiger partial charge in [-0.3, -0.25) is 9.59 Å². The van der Waals surface area contributed by atoms with Crippen molar-refractivity contribution in [2.75, 3.05) is 12.0 Å². The van der Waals surface area contributed by atoms with Gasteiger partial charge in [0.1, 0.15) is 5.75 Å². The average Bonchev–Trinajstić information content (AvgIpc) is 3.26. The number of nitrogens with zero attached hydrogens (tertiary/aromatic N) is 2. The molecule has 0 fully saturated rings. The standard InChI is InChI=1S/C26H16N2O3S/c1-31-16-11-9-15(10-12-16)17-13-14-20-23-18(17)5-4-6-19(23)24(29)28(25(20)30)26-27-21-7-2-3-8-22(21)32-26/h2-14H,1H3. The highest BCUT2D eigenvalue weighted by Crippen LogP contribution is 2.39. The zero-order chi connectivity index (χ0) is 21.8. The summed E-state index contributed by atoms with van der Waals surface area (Å²) in [7, 11) is 1.63. The maximum atomic E-state index is 13.5. The van der Waals surface area contributed by atoms with Gasteiger partial charge in [-0.15, -0.1) is 0 Å². The van der Waals surface area contributed by atoms with Crippen LogP contribution in [0.15, 0.2) is 78.9 Å². The Balaban J connectivity index is 1.53. The van der Waals surface area contributed by atoms with E-state index in [-0.39, 0.29) is 11.8 Å². The number of methoxy groups -OCH3 is 1. The molecule has 4 aromatic carbocycles. The van der Waals surface area contributed by atoms with Gasteiger partial charge in [-0.2, -0.15) is 0 Å². The third-order valence-corrected chi connectivity index (χ3v) is 6.80. The molecule has 0 atom stereocenters. The third kappa shape index (κ3) is 2.66. The van der Waals surface area contributed by atoms with E-state index in [9.17, 15) is 9.59 Å². The first-order valence-electron chi connectivity index (χ1n) is 10.1. The Bertz CT molecular complexity index is 1500. The van der Waals surface area contributed by atoms with E-state index in [0.29, 0.717) is 21.6 Å². The number of ether oxygens (including phenoxy) is 1. The molecule has 0 N–H and O–H groups in total. The number of amides is 2. The van der Waals surface area contributed by atoms with Crippen LogP contribution in [0.1, 0.15) is 20.7 Å². The van der Waals surface area contributed by atoms with Crippen molar-refractivity contribution in [3.05, 3.63) is 90.0 Å². The zero-order valence-electron chi connectivity index (χ0n) is 17.0. The Morgan fingerprint density at radius 1 is 0.781 bits per heavy atom. The summed E-state index contributed by atoms with van der Waals surface area (Å²) in [6, 6.07) is 24.7. The molecule has 1 aliphatic rings. The number of rotatable bonds is 3. The molecule has 6 rings (SSSR count). The first-order chi connectivity index (χ1) is 15.7. The van der Waals surface area contributed by atoms with Crippen molar-refractivity contribution in [1.29, 1.82) is 0 Å². The topological polar surface area (TPSA) is 59.5 Å². The van der Waals surface area contributed by atoms with Crippen molar-refractivity contribution < 1.29 is 14.3 Å². The van der Waals surface area contributed by atoms with Gasteiger partial charge in [-0.05, 0) is 52.9 Å². The van der Waals surface area contributed by atoms with Crippen molar-refractivity contribution in [3.8, 4) is 16.9 Å². The summed E-state index contributed by atoms with van der Waals surface area (Å²) in [4.78, 5) is 32.7. The molecule has 0 aliphatic carbocycles. The fourth-order valence-electron chi connectivity index (χ4n) is 4.25. The van der Waals surface area contributed by atoms with Crippen LogP contribution in [0.5, 0.6) is 5.75 Å². The van der Waals surface area contributed by atoms with Gasteiger partial charge in [0.15, 0.2) is 0 Å². The number of anilines is 1. The summed E-state index contributed by atoms with van der Waals surface area (Å²) in [6.07, 6.45) is 0. The van der Waals surface area contributed by atoms with E-state index in [2.05, 4.69) is 4.98 Å². The number of thiazole rings is 1. The normalized spacial score (nSPS) is 13.2. The van der Waals surface area contributed by atoms with Gasteiger partial charge in [0.2, 0.25) is 5.13 Å². The second-order valence-corrected chi connectivity index (χ2v) is 8.54. The van der Waals surface area contributed by atoms with Crippen LogP contribution in [0, 0.1) is 0 Å². The quantitative estimate of drug-likeness (QED) is 0.329. The average molecular weight is 436 g/mol. The number of carbonyl (C=O) groups excluding carboxylic acids is 2. The van der Waals surface area contributed by atoms with Crippen molar-refractivity contribution in [1.82, 2.24) is 4.98 Å². The number of benzene rings is 4. The van der Waals surface area contributed by atoms with Crippen molar-refractivity contribution >= 4 is 49.3 Å². The summed E-state index contributed by atoms with van der Waals surface area (Å²) >= 11 is 1.34. The Morgan fingerprint density at radius 3 is 2.25 bits per heavy atom. The molecule has 2 amide bonds. The third-order valence-electron chi connectivity index (χ3n) is 5.78. The summed E-state index contributed by atoms with van der Waals surface area (Å²) < 4.78 is 6.19. The monoisotopic (exact) mass is 436 g/mol. The van der Waals surface area contributed by atoms with Crippen molar-refractivity contribution in [3.63, 3.8) is 0 Å². The number of aromatic nitrogens is 1. The van der Waals surface area contributed by atoms with Gasteiger partial charge >= 0.3 is 0 Å². The van der Waals surface area contributed by atoms with E-state index < -0.39 is 0 Å². The maximum absolute atomic E-state index is 13.5. The van der Waals surface area contributed by atoms with E-state index in [0.717, 1.165) is 32.5 Å². The number of hydrogen-bond acceptors (Lipinski definition) is 5. The molecule has 5 aromatic rings. The van der Waals surface area contributed by atoms with Gasteiger partial charge in [-0.1, -0.05) is 53.8 Å². The van der Waals surface area contributed by atoms with Crippen LogP contribution in [0.3, 0.4) is 0 Å². The molecule has 6 heteroatoms. The van der Waals surface area contributed by atoms with Crippen LogP contribution in [-0.2, 0) is 0 Å². The minimum atomic E-state index is -0.348. The molecule has 0 radical (unpaired) electrons. The largest absolute Gasteiger partial charge is 0.497 e. The van der Waals surface area contributed by atoms with Crippen LogP contribution < -0.4 is 9.64 Å². The molecule has 0 spiro atoms. The fraction of sp³-hybridized carbons (Fsp3) is 0.0385. The minimum Gasteiger partial charge on any atom is -0.497 e. The maximum Gasteiger partial charge on any atom is 0.267 e. The number of fused-ring (bicyclic) bond motifs is 1. The zero-order valence-corrected chi connectivity index (χ0v) is 17.8. The molecule has 1 aliphatic heterocycles. The summed E-state index contributed by atoms with van der Waals surface area (Å²) in [6.45, 7) is 0. The van der Waals surface area contributed by atoms with Crippen molar-refractivity contribution in [2.24, 2.45) is 0 Å². The molecule has 0 bridgehead atoms. The van der Waals surface area contributed by atoms with E-state index in [1.54, 1.807) is 19.2 Å². The molecule has 0 unspecified atom stereocenters. The van der Waals surface area contributed by atoms with Crippen LogP contribution >= 0.6 is 11.3 Å². The summed E-state index contributed by atoms with van der Waals surface area (Å²) in [5, 5.41) is 1.95. The first-order valence-corrected chi connectivity index (χ1v) is 10.9. The number of carbonyl (C=O) groups is 2. The lowest BCUT2D eigenvalue weighted by Crippen LogP contribution is -2.40. The molecule has 2 heterocycles. The van der Waals surface area contributed by atoms with Gasteiger partial charge in [0, 0.05) is 16.5 Å². The molecular weight excluding hydrogens is 420 g/mol. The molecular formula is C26H16N2O3S. The van der Waals surface area contributed by atoms with E-state index in [4.69, 9.17) is 4.74 Å². The van der Waals surface area contributed by atoms with Crippen LogP contribution in [0.4, 0.5) is 5.13 Å². The minimum absolute atomic E-state index is 0.348. The first kappa shape index (κ1) is 18.7. The van der Waals surface area contributed by atoms with Gasteiger partial charge in [0.05, 0.1) is 17.3 Å². The predicted octanol–water partition coefficient (Wildman–Crippen LogP) is 5.93. The number of imide groups is 1. The highest BCUT2D eigenvalue weighted by atomic mass is 32.1. The van der Waals surface area contributed by atoms with E-state index >= 15 is 0 Å². The Labute approximate surface area is 187 Å². The lowest BCUT2D eigenvalue weighted by atomic mass is 9.89. The number of hydrogen-bond donors (Lipinski definition) is 0. The second kappa shape index (κ2) is 7.00. The molecule has 0 saturated heterocycles. The van der Waals surface area contributed by atoms with Gasteiger partial charge in [0.25, 0.3) is 11.8 Å². The Hall–Kier alpha value is -4.03. The molecule has 1 aromatic heterocycles. The van der Waals surface area contributed by atoms with E-state index in [1.165, 1.54) is 16.2 Å². The fourth-order valence-corrected chi connectivity index (χ4v) is 5.21. The lowest BCUT2D eigenvalue weighted by Gasteiger charge is -2.26. The van der Waals surface area contributed by atoms with Crippen LogP contribution in [-0.4, -0.2) is 23.9 Å². The highest BCUT2D eigenvalue weighted by molar-refractivity contribution is 7.22. The summed E-state index contributed by atoms with van der Waals surface area (Å²) in [5.41, 5.74) is 3.73. The SMILES string of the molecule is COc1ccc(-c2ccc3c4c(cccc24)C(=O)N(c2nc4ccccc4s2)C3=O)cc1. The lowest BCUT2D eigenvalue weighted by molar-refractivity contribution is 0.0893. The second-order valence-electron chi connectivity index (χ2n) is 7.53. The van der Waals surface area contributed by atoms with E-state index in [1.807, 2.05) is 66.7 Å².